The molecule has 0 spiro atoms. The summed E-state index contributed by atoms with van der Waals surface area (Å²) in [5.41, 5.74) is 6.10. The highest BCUT2D eigenvalue weighted by Gasteiger charge is 2.27. The maximum absolute atomic E-state index is 11.3. The normalized spacial score (nSPS) is 16.1. The van der Waals surface area contributed by atoms with Gasteiger partial charge in [0.05, 0.1) is 19.3 Å². The van der Waals surface area contributed by atoms with E-state index in [0.29, 0.717) is 24.8 Å². The van der Waals surface area contributed by atoms with E-state index < -0.39 is 0 Å². The van der Waals surface area contributed by atoms with Gasteiger partial charge in [0.2, 0.25) is 5.91 Å². The van der Waals surface area contributed by atoms with Crippen LogP contribution in [0.5, 0.6) is 5.75 Å². The molecule has 19 heavy (non-hydrogen) atoms. The number of hydrogen-bond donors (Lipinski definition) is 3. The van der Waals surface area contributed by atoms with Crippen molar-refractivity contribution in [2.45, 2.75) is 38.0 Å². The van der Waals surface area contributed by atoms with Crippen LogP contribution in [0.1, 0.15) is 24.8 Å². The van der Waals surface area contributed by atoms with Crippen molar-refractivity contribution in [1.29, 1.82) is 0 Å². The number of ether oxygens (including phenoxy) is 1. The van der Waals surface area contributed by atoms with Gasteiger partial charge in [-0.2, -0.15) is 0 Å². The minimum atomic E-state index is -0.342. The van der Waals surface area contributed by atoms with Gasteiger partial charge in [-0.3, -0.25) is 4.79 Å². The second kappa shape index (κ2) is 6.54. The van der Waals surface area contributed by atoms with Crippen LogP contribution >= 0.6 is 0 Å². The Morgan fingerprint density at radius 2 is 2.21 bits per heavy atom. The minimum Gasteiger partial charge on any atom is -0.493 e. The van der Waals surface area contributed by atoms with Crippen LogP contribution < -0.4 is 15.8 Å². The number of nitrogens with one attached hydrogen (secondary N) is 1. The van der Waals surface area contributed by atoms with Crippen LogP contribution in [0.2, 0.25) is 0 Å². The van der Waals surface area contributed by atoms with E-state index in [1.54, 1.807) is 6.07 Å². The van der Waals surface area contributed by atoms with Gasteiger partial charge in [-0.05, 0) is 18.9 Å². The van der Waals surface area contributed by atoms with Crippen LogP contribution in [0.15, 0.2) is 24.3 Å². The molecule has 1 amide bonds. The Morgan fingerprint density at radius 3 is 2.84 bits per heavy atom. The molecule has 0 aliphatic heterocycles. The Balaban J connectivity index is 1.82. The molecule has 1 saturated carbocycles. The van der Waals surface area contributed by atoms with Gasteiger partial charge in [-0.1, -0.05) is 18.2 Å². The first kappa shape index (κ1) is 13.8. The Bertz CT molecular complexity index is 432. The molecule has 1 aromatic carbocycles. The summed E-state index contributed by atoms with van der Waals surface area (Å²) in [5.74, 6) is 0.311. The van der Waals surface area contributed by atoms with Crippen molar-refractivity contribution in [3.63, 3.8) is 0 Å². The molecule has 1 aliphatic rings. The topological polar surface area (TPSA) is 84.6 Å². The molecule has 1 atom stereocenters. The van der Waals surface area contributed by atoms with Gasteiger partial charge in [0.15, 0.2) is 0 Å². The van der Waals surface area contributed by atoms with Gasteiger partial charge in [-0.15, -0.1) is 0 Å². The van der Waals surface area contributed by atoms with E-state index in [-0.39, 0.29) is 18.6 Å². The van der Waals surface area contributed by atoms with Gasteiger partial charge in [0.1, 0.15) is 5.75 Å². The number of aliphatic hydroxyl groups is 1. The van der Waals surface area contributed by atoms with Crippen molar-refractivity contribution in [3.8, 4) is 5.75 Å². The quantitative estimate of drug-likeness (QED) is 0.640. The summed E-state index contributed by atoms with van der Waals surface area (Å²) in [6.07, 6.45) is 2.75. The first-order valence-electron chi connectivity index (χ1n) is 6.57. The van der Waals surface area contributed by atoms with Gasteiger partial charge in [-0.25, -0.2) is 0 Å². The maximum Gasteiger partial charge on any atom is 0.234 e. The molecule has 2 rings (SSSR count). The number of nitrogens with two attached hydrogens (primary N) is 1. The Hall–Kier alpha value is -1.59. The lowest BCUT2D eigenvalue weighted by atomic mass is 10.2. The zero-order valence-electron chi connectivity index (χ0n) is 10.8. The maximum atomic E-state index is 11.3. The lowest BCUT2D eigenvalue weighted by molar-refractivity contribution is -0.120. The molecule has 1 aliphatic carbocycles. The third kappa shape index (κ3) is 4.22. The number of carbonyl (C=O) groups is 1. The number of para-hydroxylation sites is 1. The third-order valence-corrected chi connectivity index (χ3v) is 3.16. The summed E-state index contributed by atoms with van der Waals surface area (Å²) in [7, 11) is 0. The van der Waals surface area contributed by atoms with Crippen molar-refractivity contribution in [2.75, 3.05) is 6.61 Å². The number of benzene rings is 1. The molecule has 1 unspecified atom stereocenters. The van der Waals surface area contributed by atoms with Crippen molar-refractivity contribution in [3.05, 3.63) is 29.8 Å². The fourth-order valence-corrected chi connectivity index (χ4v) is 1.90. The van der Waals surface area contributed by atoms with E-state index in [1.807, 2.05) is 18.2 Å². The van der Waals surface area contributed by atoms with Gasteiger partial charge in [0, 0.05) is 18.0 Å². The molecule has 5 nitrogen and oxygen atoms in total. The Labute approximate surface area is 112 Å². The van der Waals surface area contributed by atoms with Crippen LogP contribution in [0.4, 0.5) is 0 Å². The minimum absolute atomic E-state index is 0.0598. The third-order valence-electron chi connectivity index (χ3n) is 3.16. The summed E-state index contributed by atoms with van der Waals surface area (Å²) >= 11 is 0. The molecule has 0 radical (unpaired) electrons. The second-order valence-electron chi connectivity index (χ2n) is 4.80. The molecule has 1 aromatic rings. The number of aliphatic hydroxyl groups excluding tert-OH is 1. The van der Waals surface area contributed by atoms with Crippen LogP contribution in [-0.4, -0.2) is 29.7 Å². The van der Waals surface area contributed by atoms with Crippen LogP contribution in [-0.2, 0) is 11.4 Å². The molecular formula is C14H20N2O3. The largest absolute Gasteiger partial charge is 0.493 e. The molecule has 0 saturated heterocycles. The van der Waals surface area contributed by atoms with Crippen molar-refractivity contribution in [1.82, 2.24) is 5.32 Å². The summed E-state index contributed by atoms with van der Waals surface area (Å²) in [4.78, 5) is 11.3. The SMILES string of the molecule is NC(=O)C(CCOc1ccccc1CO)NC1CC1. The monoisotopic (exact) mass is 264 g/mol. The number of rotatable bonds is 8. The summed E-state index contributed by atoms with van der Waals surface area (Å²) < 4.78 is 5.60. The first-order valence-corrected chi connectivity index (χ1v) is 6.57. The molecular weight excluding hydrogens is 244 g/mol. The van der Waals surface area contributed by atoms with E-state index in [0.717, 1.165) is 18.4 Å². The lowest BCUT2D eigenvalue weighted by Gasteiger charge is -2.16. The zero-order chi connectivity index (χ0) is 13.7. The first-order chi connectivity index (χ1) is 9.20. The second-order valence-corrected chi connectivity index (χ2v) is 4.80. The van der Waals surface area contributed by atoms with Gasteiger partial charge in [0.25, 0.3) is 0 Å². The molecule has 5 heteroatoms. The zero-order valence-corrected chi connectivity index (χ0v) is 10.8. The van der Waals surface area contributed by atoms with E-state index in [9.17, 15) is 9.90 Å². The van der Waals surface area contributed by atoms with Crippen LogP contribution in [0.3, 0.4) is 0 Å². The van der Waals surface area contributed by atoms with E-state index >= 15 is 0 Å². The predicted octanol–water partition coefficient (Wildman–Crippen LogP) is 0.554. The standard InChI is InChI=1S/C14H20N2O3/c15-14(18)12(16-11-5-6-11)7-8-19-13-4-2-1-3-10(13)9-17/h1-4,11-12,16-17H,5-9H2,(H2,15,18). The fourth-order valence-electron chi connectivity index (χ4n) is 1.90. The summed E-state index contributed by atoms with van der Waals surface area (Å²) in [6, 6.07) is 7.40. The van der Waals surface area contributed by atoms with E-state index in [4.69, 9.17) is 10.5 Å². The average molecular weight is 264 g/mol. The molecule has 1 fully saturated rings. The Morgan fingerprint density at radius 1 is 1.47 bits per heavy atom. The summed E-state index contributed by atoms with van der Waals surface area (Å²) in [5, 5.41) is 12.4. The number of primary amides is 1. The van der Waals surface area contributed by atoms with Crippen LogP contribution in [0, 0.1) is 0 Å². The number of hydrogen-bond acceptors (Lipinski definition) is 4. The van der Waals surface area contributed by atoms with Crippen molar-refractivity contribution < 1.29 is 14.6 Å². The average Bonchev–Trinajstić information content (AvgIpc) is 3.22. The fraction of sp³-hybridized carbons (Fsp3) is 0.500. The highest BCUT2D eigenvalue weighted by atomic mass is 16.5. The van der Waals surface area contributed by atoms with Crippen molar-refractivity contribution in [2.24, 2.45) is 5.73 Å². The number of carbonyl (C=O) groups excluding carboxylic acids is 1. The van der Waals surface area contributed by atoms with Crippen LogP contribution in [0.25, 0.3) is 0 Å². The Kier molecular flexibility index (Phi) is 4.76. The van der Waals surface area contributed by atoms with E-state index in [2.05, 4.69) is 5.32 Å². The highest BCUT2D eigenvalue weighted by molar-refractivity contribution is 5.79. The molecule has 4 N–H and O–H groups in total. The van der Waals surface area contributed by atoms with Gasteiger partial charge < -0.3 is 20.9 Å². The highest BCUT2D eigenvalue weighted by Crippen LogP contribution is 2.21. The van der Waals surface area contributed by atoms with Gasteiger partial charge >= 0.3 is 0 Å². The number of amides is 1. The van der Waals surface area contributed by atoms with E-state index in [1.165, 1.54) is 0 Å². The molecule has 0 aromatic heterocycles. The summed E-state index contributed by atoms with van der Waals surface area (Å²) in [6.45, 7) is 0.333. The predicted molar refractivity (Wildman–Crippen MR) is 71.6 cm³/mol. The molecule has 0 bridgehead atoms. The van der Waals surface area contributed by atoms with Crippen molar-refractivity contribution >= 4 is 5.91 Å². The molecule has 104 valence electrons. The molecule has 0 heterocycles. The smallest absolute Gasteiger partial charge is 0.234 e. The lowest BCUT2D eigenvalue weighted by Crippen LogP contribution is -2.43.